The Hall–Kier alpha value is -3.32. The average molecular weight is 462 g/mol. The summed E-state index contributed by atoms with van der Waals surface area (Å²) in [4.78, 5) is 7.64. The Kier molecular flexibility index (Phi) is 5.10. The first-order valence-corrected chi connectivity index (χ1v) is 11.8. The van der Waals surface area contributed by atoms with Gasteiger partial charge in [-0.3, -0.25) is 4.98 Å². The Labute approximate surface area is 197 Å². The molecule has 2 fully saturated rings. The van der Waals surface area contributed by atoms with Crippen LogP contribution in [0, 0.1) is 18.2 Å². The standard InChI is InChI=1S/C27H28FN3O3/c1-16-11-19-20(31-16)5-6-23(26(19)28)34-22-7-10-29-21-13-25(24(32-2)12-18(21)22)33-15-27(8-9-27)14-30-17-3-4-17/h5-7,10-13,17,30-31H,3-4,8-9,14-15H2,1-2H3. The number of hydrogen-bond acceptors (Lipinski definition) is 5. The predicted octanol–water partition coefficient (Wildman–Crippen LogP) is 5.88. The van der Waals surface area contributed by atoms with Crippen LogP contribution >= 0.6 is 0 Å². The highest BCUT2D eigenvalue weighted by atomic mass is 19.1. The molecule has 6 rings (SSSR count). The summed E-state index contributed by atoms with van der Waals surface area (Å²) in [5.74, 6) is 1.54. The van der Waals surface area contributed by atoms with E-state index in [-0.39, 0.29) is 11.2 Å². The van der Waals surface area contributed by atoms with Gasteiger partial charge in [-0.15, -0.1) is 0 Å². The topological polar surface area (TPSA) is 68.4 Å². The van der Waals surface area contributed by atoms with Gasteiger partial charge >= 0.3 is 0 Å². The third-order valence-corrected chi connectivity index (χ3v) is 6.88. The Morgan fingerprint density at radius 3 is 2.68 bits per heavy atom. The quantitative estimate of drug-likeness (QED) is 0.326. The minimum Gasteiger partial charge on any atom is -0.493 e. The van der Waals surface area contributed by atoms with E-state index in [2.05, 4.69) is 15.3 Å². The van der Waals surface area contributed by atoms with E-state index in [4.69, 9.17) is 14.2 Å². The van der Waals surface area contributed by atoms with Gasteiger partial charge in [-0.25, -0.2) is 4.39 Å². The molecular weight excluding hydrogens is 433 g/mol. The third kappa shape index (κ3) is 4.05. The molecule has 6 nitrogen and oxygen atoms in total. The maximum Gasteiger partial charge on any atom is 0.175 e. The van der Waals surface area contributed by atoms with E-state index in [0.29, 0.717) is 40.8 Å². The average Bonchev–Trinajstić information content (AvgIpc) is 3.76. The van der Waals surface area contributed by atoms with Crippen molar-refractivity contribution in [2.75, 3.05) is 20.3 Å². The smallest absolute Gasteiger partial charge is 0.175 e. The summed E-state index contributed by atoms with van der Waals surface area (Å²) >= 11 is 0. The van der Waals surface area contributed by atoms with E-state index >= 15 is 4.39 Å². The van der Waals surface area contributed by atoms with Crippen molar-refractivity contribution in [2.45, 2.75) is 38.6 Å². The van der Waals surface area contributed by atoms with Crippen LogP contribution in [0.5, 0.6) is 23.0 Å². The van der Waals surface area contributed by atoms with E-state index in [1.807, 2.05) is 25.1 Å². The number of ether oxygens (including phenoxy) is 3. The van der Waals surface area contributed by atoms with Crippen LogP contribution in [0.25, 0.3) is 21.8 Å². The van der Waals surface area contributed by atoms with Gasteiger partial charge in [0.15, 0.2) is 23.1 Å². The molecular formula is C27H28FN3O3. The maximum absolute atomic E-state index is 15.1. The van der Waals surface area contributed by atoms with Gasteiger partial charge in [0.1, 0.15) is 5.75 Å². The molecule has 0 aliphatic heterocycles. The zero-order valence-corrected chi connectivity index (χ0v) is 19.4. The summed E-state index contributed by atoms with van der Waals surface area (Å²) in [6.07, 6.45) is 6.58. The Bertz CT molecular complexity index is 1370. The summed E-state index contributed by atoms with van der Waals surface area (Å²) < 4.78 is 33.0. The summed E-state index contributed by atoms with van der Waals surface area (Å²) in [6.45, 7) is 3.55. The van der Waals surface area contributed by atoms with Crippen LogP contribution in [0.4, 0.5) is 4.39 Å². The van der Waals surface area contributed by atoms with Crippen molar-refractivity contribution < 1.29 is 18.6 Å². The number of pyridine rings is 1. The Morgan fingerprint density at radius 1 is 1.06 bits per heavy atom. The second-order valence-corrected chi connectivity index (χ2v) is 9.67. The first-order valence-electron chi connectivity index (χ1n) is 11.8. The van der Waals surface area contributed by atoms with Crippen LogP contribution < -0.4 is 19.5 Å². The van der Waals surface area contributed by atoms with Crippen molar-refractivity contribution >= 4 is 21.8 Å². The van der Waals surface area contributed by atoms with Crippen LogP contribution in [0.1, 0.15) is 31.4 Å². The van der Waals surface area contributed by atoms with E-state index in [1.54, 1.807) is 31.5 Å². The molecule has 2 N–H and O–H groups in total. The molecule has 7 heteroatoms. The van der Waals surface area contributed by atoms with Gasteiger partial charge < -0.3 is 24.5 Å². The number of H-pyrrole nitrogens is 1. The van der Waals surface area contributed by atoms with Crippen molar-refractivity contribution in [3.63, 3.8) is 0 Å². The fourth-order valence-electron chi connectivity index (χ4n) is 4.40. The van der Waals surface area contributed by atoms with Gasteiger partial charge in [0, 0.05) is 52.2 Å². The molecule has 0 radical (unpaired) electrons. The highest BCUT2D eigenvalue weighted by Crippen LogP contribution is 2.47. The molecule has 2 aliphatic carbocycles. The number of aromatic amines is 1. The van der Waals surface area contributed by atoms with Gasteiger partial charge in [0.2, 0.25) is 0 Å². The third-order valence-electron chi connectivity index (χ3n) is 6.88. The number of halogens is 1. The SMILES string of the molecule is COc1cc2c(Oc3ccc4[nH]c(C)cc4c3F)ccnc2cc1OCC1(CNC2CC2)CC1. The second kappa shape index (κ2) is 8.17. The number of aromatic nitrogens is 2. The number of benzene rings is 2. The molecule has 2 aliphatic rings. The van der Waals surface area contributed by atoms with Gasteiger partial charge in [-0.2, -0.15) is 0 Å². The summed E-state index contributed by atoms with van der Waals surface area (Å²) in [5.41, 5.74) is 2.56. The largest absolute Gasteiger partial charge is 0.493 e. The molecule has 0 saturated heterocycles. The van der Waals surface area contributed by atoms with Crippen molar-refractivity contribution in [3.05, 3.63) is 54.1 Å². The van der Waals surface area contributed by atoms with E-state index in [0.717, 1.165) is 23.1 Å². The highest BCUT2D eigenvalue weighted by Gasteiger charge is 2.44. The minimum atomic E-state index is -0.395. The fourth-order valence-corrected chi connectivity index (χ4v) is 4.40. The molecule has 0 atom stereocenters. The first kappa shape index (κ1) is 21.2. The lowest BCUT2D eigenvalue weighted by molar-refractivity contribution is 0.220. The molecule has 0 amide bonds. The number of nitrogens with one attached hydrogen (secondary N) is 2. The normalized spacial score (nSPS) is 16.7. The number of hydrogen-bond donors (Lipinski definition) is 2. The number of nitrogens with zero attached hydrogens (tertiary/aromatic N) is 1. The second-order valence-electron chi connectivity index (χ2n) is 9.67. The van der Waals surface area contributed by atoms with Gasteiger partial charge in [0.25, 0.3) is 0 Å². The number of methoxy groups -OCH3 is 1. The van der Waals surface area contributed by atoms with Crippen LogP contribution in [0.2, 0.25) is 0 Å². The predicted molar refractivity (Wildman–Crippen MR) is 130 cm³/mol. The molecule has 176 valence electrons. The Morgan fingerprint density at radius 2 is 1.91 bits per heavy atom. The summed E-state index contributed by atoms with van der Waals surface area (Å²) in [6, 6.07) is 11.4. The van der Waals surface area contributed by atoms with E-state index < -0.39 is 5.82 Å². The number of fused-ring (bicyclic) bond motifs is 2. The van der Waals surface area contributed by atoms with Gasteiger partial charge in [-0.1, -0.05) is 0 Å². The lowest BCUT2D eigenvalue weighted by atomic mass is 10.1. The van der Waals surface area contributed by atoms with Crippen molar-refractivity contribution in [2.24, 2.45) is 5.41 Å². The molecule has 2 heterocycles. The van der Waals surface area contributed by atoms with Crippen LogP contribution in [0.3, 0.4) is 0 Å². The molecule has 2 aromatic heterocycles. The van der Waals surface area contributed by atoms with Crippen molar-refractivity contribution in [3.8, 4) is 23.0 Å². The van der Waals surface area contributed by atoms with E-state index in [1.165, 1.54) is 25.7 Å². The van der Waals surface area contributed by atoms with Gasteiger partial charge in [-0.05, 0) is 62.9 Å². The zero-order valence-electron chi connectivity index (χ0n) is 19.4. The zero-order chi connectivity index (χ0) is 23.3. The molecule has 0 bridgehead atoms. The highest BCUT2D eigenvalue weighted by molar-refractivity contribution is 5.89. The molecule has 2 aromatic carbocycles. The summed E-state index contributed by atoms with van der Waals surface area (Å²) in [7, 11) is 1.62. The number of aryl methyl sites for hydroxylation is 1. The lowest BCUT2D eigenvalue weighted by Gasteiger charge is -2.19. The lowest BCUT2D eigenvalue weighted by Crippen LogP contribution is -2.29. The Balaban J connectivity index is 1.27. The van der Waals surface area contributed by atoms with Crippen LogP contribution in [-0.2, 0) is 0 Å². The fraction of sp³-hybridized carbons (Fsp3) is 0.370. The monoisotopic (exact) mass is 461 g/mol. The minimum absolute atomic E-state index is 0.164. The maximum atomic E-state index is 15.1. The molecule has 34 heavy (non-hydrogen) atoms. The van der Waals surface area contributed by atoms with Crippen LogP contribution in [0.15, 0.2) is 42.6 Å². The molecule has 2 saturated carbocycles. The van der Waals surface area contributed by atoms with Crippen LogP contribution in [-0.4, -0.2) is 36.3 Å². The number of rotatable bonds is 9. The van der Waals surface area contributed by atoms with E-state index in [9.17, 15) is 0 Å². The van der Waals surface area contributed by atoms with Gasteiger partial charge in [0.05, 0.1) is 19.2 Å². The first-order chi connectivity index (χ1) is 16.5. The molecule has 0 unspecified atom stereocenters. The van der Waals surface area contributed by atoms with Crippen molar-refractivity contribution in [1.29, 1.82) is 0 Å². The molecule has 4 aromatic rings. The van der Waals surface area contributed by atoms with Crippen molar-refractivity contribution in [1.82, 2.24) is 15.3 Å². The summed E-state index contributed by atoms with van der Waals surface area (Å²) in [5, 5.41) is 4.86. The molecule has 0 spiro atoms.